The monoisotopic (exact) mass is 413 g/mol. The third-order valence-corrected chi connectivity index (χ3v) is 5.96. The molecule has 0 aliphatic carbocycles. The second kappa shape index (κ2) is 7.43. The maximum Gasteiger partial charge on any atom is 0.329 e. The van der Waals surface area contributed by atoms with Crippen LogP contribution >= 0.6 is 0 Å². The molecule has 0 aliphatic heterocycles. The van der Waals surface area contributed by atoms with Gasteiger partial charge in [-0.1, -0.05) is 60.7 Å². The van der Waals surface area contributed by atoms with Gasteiger partial charge in [0, 0.05) is 31.4 Å². The molecule has 0 fully saturated rings. The molecule has 0 spiro atoms. The van der Waals surface area contributed by atoms with E-state index in [2.05, 4.69) is 63.1 Å². The quantitative estimate of drug-likeness (QED) is 0.481. The van der Waals surface area contributed by atoms with Crippen LogP contribution in [0.4, 0.5) is 0 Å². The molecule has 0 atom stereocenters. The number of fused-ring (bicyclic) bond motifs is 3. The Labute approximate surface area is 178 Å². The highest BCUT2D eigenvalue weighted by Crippen LogP contribution is 2.29. The highest BCUT2D eigenvalue weighted by Gasteiger charge is 2.19. The molecule has 0 amide bonds. The number of benzene rings is 2. The Balaban J connectivity index is 1.58. The van der Waals surface area contributed by atoms with Gasteiger partial charge in [-0.05, 0) is 24.5 Å². The summed E-state index contributed by atoms with van der Waals surface area (Å²) >= 11 is 0. The zero-order valence-electron chi connectivity index (χ0n) is 17.4. The van der Waals surface area contributed by atoms with Gasteiger partial charge in [-0.25, -0.2) is 4.79 Å². The van der Waals surface area contributed by atoms with Crippen molar-refractivity contribution < 1.29 is 0 Å². The third kappa shape index (κ3) is 3.18. The van der Waals surface area contributed by atoms with Crippen molar-refractivity contribution in [2.45, 2.75) is 25.8 Å². The van der Waals surface area contributed by atoms with Crippen LogP contribution in [0.3, 0.4) is 0 Å². The van der Waals surface area contributed by atoms with E-state index in [1.54, 1.807) is 11.4 Å². The molecule has 7 nitrogen and oxygen atoms in total. The summed E-state index contributed by atoms with van der Waals surface area (Å²) in [7, 11) is 1.62. The standard InChI is InChI=1S/C24H23N5O2/c1-16-15-29-20-21(27(2)24(31)26-22(20)30)25-23(29)28(16)14-13-19(17-9-5-3-6-10-17)18-11-7-4-8-12-18/h3-12,15,19H,13-14H2,1-2H3,(H,26,30,31). The van der Waals surface area contributed by atoms with Crippen LogP contribution < -0.4 is 11.2 Å². The molecule has 0 bridgehead atoms. The van der Waals surface area contributed by atoms with Gasteiger partial charge in [-0.3, -0.25) is 18.7 Å². The Hall–Kier alpha value is -3.87. The van der Waals surface area contributed by atoms with Crippen molar-refractivity contribution in [2.24, 2.45) is 7.05 Å². The third-order valence-electron chi connectivity index (χ3n) is 5.96. The van der Waals surface area contributed by atoms with E-state index in [0.717, 1.165) is 18.7 Å². The summed E-state index contributed by atoms with van der Waals surface area (Å²) in [6.07, 6.45) is 2.78. The van der Waals surface area contributed by atoms with E-state index in [0.29, 0.717) is 16.9 Å². The van der Waals surface area contributed by atoms with Gasteiger partial charge in [0.2, 0.25) is 5.78 Å². The van der Waals surface area contributed by atoms with Gasteiger partial charge in [0.1, 0.15) is 0 Å². The first kappa shape index (κ1) is 19.1. The number of imidazole rings is 2. The molecule has 0 saturated heterocycles. The molecule has 31 heavy (non-hydrogen) atoms. The molecule has 156 valence electrons. The van der Waals surface area contributed by atoms with E-state index in [1.165, 1.54) is 15.7 Å². The normalized spacial score (nSPS) is 11.7. The summed E-state index contributed by atoms with van der Waals surface area (Å²) in [6.45, 7) is 2.74. The number of H-pyrrole nitrogens is 1. The summed E-state index contributed by atoms with van der Waals surface area (Å²) in [5.74, 6) is 0.903. The molecule has 0 aliphatic rings. The number of aromatic nitrogens is 5. The van der Waals surface area contributed by atoms with Crippen molar-refractivity contribution in [3.63, 3.8) is 0 Å². The fourth-order valence-corrected chi connectivity index (χ4v) is 4.35. The lowest BCUT2D eigenvalue weighted by Crippen LogP contribution is -2.28. The SMILES string of the molecule is Cc1cn2c3c(=O)[nH]c(=O)n(C)c3nc2n1CCC(c1ccccc1)c1ccccc1. The van der Waals surface area contributed by atoms with Crippen LogP contribution in [0.25, 0.3) is 16.9 Å². The van der Waals surface area contributed by atoms with Crippen molar-refractivity contribution in [3.05, 3.63) is 105 Å². The van der Waals surface area contributed by atoms with Crippen molar-refractivity contribution in [1.29, 1.82) is 0 Å². The minimum Gasteiger partial charge on any atom is -0.314 e. The highest BCUT2D eigenvalue weighted by molar-refractivity contribution is 5.75. The highest BCUT2D eigenvalue weighted by atomic mass is 16.2. The predicted octanol–water partition coefficient (Wildman–Crippen LogP) is 3.21. The van der Waals surface area contributed by atoms with Crippen molar-refractivity contribution in [2.75, 3.05) is 0 Å². The Morgan fingerprint density at radius 3 is 2.19 bits per heavy atom. The number of rotatable bonds is 5. The molecule has 0 radical (unpaired) electrons. The molecule has 0 saturated carbocycles. The van der Waals surface area contributed by atoms with Crippen LogP contribution in [0.15, 0.2) is 76.4 Å². The van der Waals surface area contributed by atoms with Crippen molar-refractivity contribution >= 4 is 16.9 Å². The Kier molecular flexibility index (Phi) is 4.58. The van der Waals surface area contributed by atoms with E-state index in [-0.39, 0.29) is 5.92 Å². The summed E-state index contributed by atoms with van der Waals surface area (Å²) < 4.78 is 5.27. The lowest BCUT2D eigenvalue weighted by atomic mass is 9.88. The fraction of sp³-hybridized carbons (Fsp3) is 0.208. The summed E-state index contributed by atoms with van der Waals surface area (Å²) in [5.41, 5.74) is 3.44. The summed E-state index contributed by atoms with van der Waals surface area (Å²) in [5, 5.41) is 0. The van der Waals surface area contributed by atoms with Crippen LogP contribution in [0.2, 0.25) is 0 Å². The second-order valence-corrected chi connectivity index (χ2v) is 7.86. The van der Waals surface area contributed by atoms with Gasteiger partial charge in [-0.2, -0.15) is 4.98 Å². The molecule has 2 aromatic carbocycles. The zero-order chi connectivity index (χ0) is 21.5. The van der Waals surface area contributed by atoms with Gasteiger partial charge in [-0.15, -0.1) is 0 Å². The van der Waals surface area contributed by atoms with E-state index in [9.17, 15) is 9.59 Å². The van der Waals surface area contributed by atoms with Crippen LogP contribution in [0.1, 0.15) is 29.2 Å². The van der Waals surface area contributed by atoms with E-state index >= 15 is 0 Å². The second-order valence-electron chi connectivity index (χ2n) is 7.86. The Morgan fingerprint density at radius 2 is 1.58 bits per heavy atom. The number of nitrogens with zero attached hydrogens (tertiary/aromatic N) is 4. The summed E-state index contributed by atoms with van der Waals surface area (Å²) in [4.78, 5) is 31.4. The molecule has 1 N–H and O–H groups in total. The van der Waals surface area contributed by atoms with E-state index in [1.807, 2.05) is 25.3 Å². The van der Waals surface area contributed by atoms with Gasteiger partial charge >= 0.3 is 5.69 Å². The van der Waals surface area contributed by atoms with Gasteiger partial charge in [0.25, 0.3) is 5.56 Å². The molecule has 0 unspecified atom stereocenters. The first-order chi connectivity index (χ1) is 15.0. The molecule has 3 aromatic heterocycles. The minimum absolute atomic E-state index is 0.237. The fourth-order valence-electron chi connectivity index (χ4n) is 4.35. The molecule has 5 rings (SSSR count). The number of hydrogen-bond donors (Lipinski definition) is 1. The zero-order valence-corrected chi connectivity index (χ0v) is 17.4. The molecule has 3 heterocycles. The number of hydrogen-bond acceptors (Lipinski definition) is 3. The minimum atomic E-state index is -0.463. The van der Waals surface area contributed by atoms with Crippen LogP contribution in [0, 0.1) is 6.92 Å². The topological polar surface area (TPSA) is 77.1 Å². The largest absolute Gasteiger partial charge is 0.329 e. The first-order valence-electron chi connectivity index (χ1n) is 10.3. The van der Waals surface area contributed by atoms with Crippen LogP contribution in [0.5, 0.6) is 0 Å². The van der Waals surface area contributed by atoms with Crippen LogP contribution in [-0.4, -0.2) is 23.5 Å². The average molecular weight is 413 g/mol. The van der Waals surface area contributed by atoms with Crippen molar-refractivity contribution in [3.8, 4) is 0 Å². The van der Waals surface area contributed by atoms with Gasteiger partial charge < -0.3 is 4.57 Å². The predicted molar refractivity (Wildman–Crippen MR) is 121 cm³/mol. The molecule has 7 heteroatoms. The number of nitrogens with one attached hydrogen (secondary N) is 1. The van der Waals surface area contributed by atoms with Gasteiger partial charge in [0.15, 0.2) is 11.2 Å². The molecule has 5 aromatic rings. The number of aryl methyl sites for hydroxylation is 3. The van der Waals surface area contributed by atoms with E-state index < -0.39 is 11.2 Å². The summed E-state index contributed by atoms with van der Waals surface area (Å²) in [6, 6.07) is 21.0. The lowest BCUT2D eigenvalue weighted by molar-refractivity contribution is 0.596. The maximum absolute atomic E-state index is 12.4. The Bertz CT molecular complexity index is 1450. The smallest absolute Gasteiger partial charge is 0.314 e. The van der Waals surface area contributed by atoms with Gasteiger partial charge in [0.05, 0.1) is 0 Å². The van der Waals surface area contributed by atoms with Crippen molar-refractivity contribution in [1.82, 2.24) is 23.5 Å². The maximum atomic E-state index is 12.4. The van der Waals surface area contributed by atoms with Crippen LogP contribution in [-0.2, 0) is 13.6 Å². The average Bonchev–Trinajstić information content (AvgIpc) is 3.29. The Morgan fingerprint density at radius 1 is 0.968 bits per heavy atom. The molecular weight excluding hydrogens is 390 g/mol. The lowest BCUT2D eigenvalue weighted by Gasteiger charge is -2.19. The first-order valence-corrected chi connectivity index (χ1v) is 10.3. The van der Waals surface area contributed by atoms with E-state index in [4.69, 9.17) is 0 Å². The molecular formula is C24H23N5O2. The number of aromatic amines is 1.